The van der Waals surface area contributed by atoms with Crippen molar-refractivity contribution in [3.63, 3.8) is 0 Å². The Morgan fingerprint density at radius 1 is 1.25 bits per heavy atom. The van der Waals surface area contributed by atoms with Crippen molar-refractivity contribution in [3.8, 4) is 17.4 Å². The first-order valence-electron chi connectivity index (χ1n) is 10.4. The first-order chi connectivity index (χ1) is 17.0. The van der Waals surface area contributed by atoms with E-state index in [4.69, 9.17) is 30.5 Å². The molecule has 1 amide bonds. The van der Waals surface area contributed by atoms with Crippen LogP contribution in [0.1, 0.15) is 6.92 Å². The molecule has 0 radical (unpaired) electrons. The van der Waals surface area contributed by atoms with E-state index in [2.05, 4.69) is 4.98 Å². The average Bonchev–Trinajstić information content (AvgIpc) is 3.60. The van der Waals surface area contributed by atoms with Crippen LogP contribution in [0.5, 0.6) is 17.4 Å². The summed E-state index contributed by atoms with van der Waals surface area (Å²) in [7, 11) is 1.12. The molecule has 36 heavy (non-hydrogen) atoms. The van der Waals surface area contributed by atoms with Gasteiger partial charge in [0.2, 0.25) is 0 Å². The summed E-state index contributed by atoms with van der Waals surface area (Å²) in [6.45, 7) is 1.31. The number of epoxide rings is 1. The third kappa shape index (κ3) is 5.16. The minimum absolute atomic E-state index is 0.0111. The number of rotatable bonds is 7. The number of benzene rings is 1. The van der Waals surface area contributed by atoms with E-state index in [0.717, 1.165) is 29.0 Å². The highest BCUT2D eigenvalue weighted by Gasteiger charge is 2.56. The number of nitrogens with zero attached hydrogens (tertiary/aromatic N) is 3. The molecule has 0 spiro atoms. The number of aromatic nitrogens is 1. The second-order valence-electron chi connectivity index (χ2n) is 7.50. The number of amides is 1. The van der Waals surface area contributed by atoms with Crippen molar-refractivity contribution in [2.75, 3.05) is 25.2 Å². The predicted octanol–water partition coefficient (Wildman–Crippen LogP) is 4.02. The van der Waals surface area contributed by atoms with E-state index >= 15 is 0 Å². The maximum Gasteiger partial charge on any atom is 0.431 e. The lowest BCUT2D eigenvalue weighted by molar-refractivity contribution is -0.145. The number of carbonyl (C=O) groups is 2. The summed E-state index contributed by atoms with van der Waals surface area (Å²) in [5, 5.41) is -0.212. The van der Waals surface area contributed by atoms with E-state index in [-0.39, 0.29) is 29.0 Å². The SMILES string of the molecule is CCOC(=O)COc1ncccc1Oc1cc(N2C(=O)C=C(C(F)(F)F)N(C)C3OC32)c(F)cc1Cl. The highest BCUT2D eigenvalue weighted by molar-refractivity contribution is 6.32. The van der Waals surface area contributed by atoms with Crippen LogP contribution in [0.15, 0.2) is 42.2 Å². The number of allylic oxidation sites excluding steroid dienone is 1. The van der Waals surface area contributed by atoms with Gasteiger partial charge in [-0.2, -0.15) is 13.2 Å². The van der Waals surface area contributed by atoms with Crippen LogP contribution in [0.2, 0.25) is 5.02 Å². The molecule has 1 saturated heterocycles. The zero-order chi connectivity index (χ0) is 26.2. The monoisotopic (exact) mass is 531 g/mol. The molecule has 2 aromatic rings. The van der Waals surface area contributed by atoms with Gasteiger partial charge in [0, 0.05) is 25.4 Å². The molecule has 1 aromatic heterocycles. The van der Waals surface area contributed by atoms with Crippen molar-refractivity contribution in [2.24, 2.45) is 0 Å². The van der Waals surface area contributed by atoms with Gasteiger partial charge in [-0.05, 0) is 25.1 Å². The number of halogens is 5. The van der Waals surface area contributed by atoms with E-state index in [0.29, 0.717) is 6.08 Å². The largest absolute Gasteiger partial charge is 0.463 e. The molecule has 2 aliphatic heterocycles. The quantitative estimate of drug-likeness (QED) is 0.300. The molecular formula is C22H18ClF4N3O6. The van der Waals surface area contributed by atoms with Crippen LogP contribution in [-0.4, -0.2) is 60.7 Å². The van der Waals surface area contributed by atoms with E-state index in [1.54, 1.807) is 6.92 Å². The Morgan fingerprint density at radius 2 is 2.00 bits per heavy atom. The lowest BCUT2D eigenvalue weighted by Gasteiger charge is -2.21. The van der Waals surface area contributed by atoms with Gasteiger partial charge in [0.15, 0.2) is 24.8 Å². The van der Waals surface area contributed by atoms with Crippen molar-refractivity contribution >= 4 is 29.2 Å². The van der Waals surface area contributed by atoms with Crippen molar-refractivity contribution in [3.05, 3.63) is 53.1 Å². The lowest BCUT2D eigenvalue weighted by Crippen LogP contribution is -2.34. The maximum absolute atomic E-state index is 14.9. The van der Waals surface area contributed by atoms with Gasteiger partial charge in [0.1, 0.15) is 17.3 Å². The Balaban J connectivity index is 1.65. The number of likely N-dealkylation sites (N-methyl/N-ethyl adjacent to an activating group) is 1. The average molecular weight is 532 g/mol. The number of esters is 1. The highest BCUT2D eigenvalue weighted by Crippen LogP contribution is 2.44. The fraction of sp³-hybridized carbons (Fsp3) is 0.318. The van der Waals surface area contributed by atoms with Crippen LogP contribution in [0.4, 0.5) is 23.2 Å². The molecule has 0 saturated carbocycles. The van der Waals surface area contributed by atoms with Crippen molar-refractivity contribution in [1.29, 1.82) is 0 Å². The van der Waals surface area contributed by atoms with E-state index in [1.165, 1.54) is 18.3 Å². The van der Waals surface area contributed by atoms with Gasteiger partial charge in [0.05, 0.1) is 17.3 Å². The molecule has 14 heteroatoms. The second kappa shape index (κ2) is 9.82. The fourth-order valence-electron chi connectivity index (χ4n) is 3.45. The van der Waals surface area contributed by atoms with Gasteiger partial charge in [-0.3, -0.25) is 9.69 Å². The summed E-state index contributed by atoms with van der Waals surface area (Å²) in [5.41, 5.74) is -1.65. The molecule has 9 nitrogen and oxygen atoms in total. The lowest BCUT2D eigenvalue weighted by atomic mass is 10.2. The van der Waals surface area contributed by atoms with Gasteiger partial charge >= 0.3 is 12.1 Å². The molecule has 4 rings (SSSR count). The zero-order valence-electron chi connectivity index (χ0n) is 18.7. The molecule has 0 aliphatic carbocycles. The molecule has 1 fully saturated rings. The maximum atomic E-state index is 14.9. The van der Waals surface area contributed by atoms with E-state index in [1.807, 2.05) is 0 Å². The molecule has 0 N–H and O–H groups in total. The van der Waals surface area contributed by atoms with Gasteiger partial charge in [-0.15, -0.1) is 0 Å². The number of carbonyl (C=O) groups excluding carboxylic acids is 2. The Hall–Kier alpha value is -3.58. The Bertz CT molecular complexity index is 1220. The summed E-state index contributed by atoms with van der Waals surface area (Å²) in [6.07, 6.45) is -5.41. The number of hydrogen-bond acceptors (Lipinski definition) is 8. The molecule has 2 aliphatic rings. The number of pyridine rings is 1. The summed E-state index contributed by atoms with van der Waals surface area (Å²) >= 11 is 6.13. The second-order valence-corrected chi connectivity index (χ2v) is 7.91. The predicted molar refractivity (Wildman–Crippen MR) is 116 cm³/mol. The summed E-state index contributed by atoms with van der Waals surface area (Å²) in [5.74, 6) is -3.07. The number of ether oxygens (including phenoxy) is 4. The van der Waals surface area contributed by atoms with Crippen molar-refractivity contribution < 1.29 is 46.1 Å². The van der Waals surface area contributed by atoms with Gasteiger partial charge < -0.3 is 23.8 Å². The third-order valence-corrected chi connectivity index (χ3v) is 5.39. The standard InChI is InChI=1S/C22H18ClF4N3O6/c1-3-33-18(32)10-34-19-14(5-4-6-28-19)35-15-8-13(12(24)7-11(15)23)30-17(31)9-16(22(25,26)27)29(2)20-21(30)36-20/h4-9,20-21H,3,10H2,1-2H3. The topological polar surface area (TPSA) is 93.7 Å². The highest BCUT2D eigenvalue weighted by atomic mass is 35.5. The van der Waals surface area contributed by atoms with E-state index < -0.39 is 54.3 Å². The Kier molecular flexibility index (Phi) is 6.96. The van der Waals surface area contributed by atoms with Crippen LogP contribution in [-0.2, 0) is 19.1 Å². The van der Waals surface area contributed by atoms with Crippen LogP contribution in [0.3, 0.4) is 0 Å². The summed E-state index contributed by atoms with van der Waals surface area (Å²) < 4.78 is 76.2. The van der Waals surface area contributed by atoms with Crippen LogP contribution < -0.4 is 14.4 Å². The number of anilines is 1. The molecule has 2 unspecified atom stereocenters. The van der Waals surface area contributed by atoms with Crippen molar-refractivity contribution in [2.45, 2.75) is 25.6 Å². The van der Waals surface area contributed by atoms with E-state index in [9.17, 15) is 27.2 Å². The molecule has 0 bridgehead atoms. The van der Waals surface area contributed by atoms with Crippen LogP contribution in [0.25, 0.3) is 0 Å². The smallest absolute Gasteiger partial charge is 0.431 e. The summed E-state index contributed by atoms with van der Waals surface area (Å²) in [6, 6.07) is 4.81. The molecule has 2 atom stereocenters. The Morgan fingerprint density at radius 3 is 2.69 bits per heavy atom. The minimum Gasteiger partial charge on any atom is -0.463 e. The zero-order valence-corrected chi connectivity index (χ0v) is 19.5. The van der Waals surface area contributed by atoms with Crippen molar-refractivity contribution in [1.82, 2.24) is 9.88 Å². The molecular weight excluding hydrogens is 514 g/mol. The minimum atomic E-state index is -4.83. The normalized spacial score (nSPS) is 19.3. The fourth-order valence-corrected chi connectivity index (χ4v) is 3.64. The third-order valence-electron chi connectivity index (χ3n) is 5.10. The van der Waals surface area contributed by atoms with Gasteiger partial charge in [0.25, 0.3) is 11.8 Å². The number of fused-ring (bicyclic) bond motifs is 1. The first kappa shape index (κ1) is 25.5. The summed E-state index contributed by atoms with van der Waals surface area (Å²) in [4.78, 5) is 29.8. The van der Waals surface area contributed by atoms with Gasteiger partial charge in [-0.25, -0.2) is 14.2 Å². The Labute approximate surface area is 206 Å². The molecule has 3 heterocycles. The molecule has 192 valence electrons. The number of hydrogen-bond donors (Lipinski definition) is 0. The van der Waals surface area contributed by atoms with Crippen LogP contribution in [0, 0.1) is 5.82 Å². The van der Waals surface area contributed by atoms with Crippen LogP contribution >= 0.6 is 11.6 Å². The first-order valence-corrected chi connectivity index (χ1v) is 10.8. The number of alkyl halides is 3. The van der Waals surface area contributed by atoms with Gasteiger partial charge in [-0.1, -0.05) is 11.6 Å². The molecule has 1 aromatic carbocycles.